The first kappa shape index (κ1) is 22.5. The molecule has 6 heteroatoms. The van der Waals surface area contributed by atoms with E-state index >= 15 is 0 Å². The standard InChI is InChI=1S/C26H32N2O4/c1-4-6-7-11-20-14-16-21(17-15-20)26(32-19(3)10-5-2)25-24(18-31-26)27(29)22-12-8-9-13-23(22)28(25)30/h8-9,12-17,19H,4-7,10-11,18H2,1-3H3. The molecule has 6 nitrogen and oxygen atoms in total. The van der Waals surface area contributed by atoms with Gasteiger partial charge in [-0.3, -0.25) is 0 Å². The second kappa shape index (κ2) is 9.43. The zero-order chi connectivity index (χ0) is 22.7. The average Bonchev–Trinajstić information content (AvgIpc) is 3.19. The van der Waals surface area contributed by atoms with Gasteiger partial charge in [-0.2, -0.15) is 0 Å². The Balaban J connectivity index is 1.85. The summed E-state index contributed by atoms with van der Waals surface area (Å²) in [6, 6.07) is 14.9. The molecule has 2 atom stereocenters. The minimum absolute atomic E-state index is 0.0169. The van der Waals surface area contributed by atoms with Crippen LogP contribution in [0.3, 0.4) is 0 Å². The molecule has 0 fully saturated rings. The van der Waals surface area contributed by atoms with Crippen molar-refractivity contribution >= 4 is 11.0 Å². The second-order valence-corrected chi connectivity index (χ2v) is 8.65. The first-order valence-electron chi connectivity index (χ1n) is 11.7. The predicted molar refractivity (Wildman–Crippen MR) is 125 cm³/mol. The van der Waals surface area contributed by atoms with Crippen LogP contribution >= 0.6 is 0 Å². The molecule has 0 bridgehead atoms. The topological polar surface area (TPSA) is 69.4 Å². The van der Waals surface area contributed by atoms with Crippen molar-refractivity contribution in [2.45, 2.75) is 77.8 Å². The summed E-state index contributed by atoms with van der Waals surface area (Å²) >= 11 is 0. The van der Waals surface area contributed by atoms with Gasteiger partial charge in [0.15, 0.2) is 0 Å². The van der Waals surface area contributed by atoms with Crippen molar-refractivity contribution in [1.82, 2.24) is 4.73 Å². The molecule has 0 spiro atoms. The Morgan fingerprint density at radius 3 is 2.59 bits per heavy atom. The molecule has 0 saturated heterocycles. The van der Waals surface area contributed by atoms with Gasteiger partial charge in [-0.15, -0.1) is 0 Å². The van der Waals surface area contributed by atoms with E-state index in [1.807, 2.05) is 19.1 Å². The molecule has 4 rings (SSSR count). The molecule has 0 N–H and O–H groups in total. The Labute approximate surface area is 189 Å². The number of aryl methyl sites for hydroxylation is 1. The van der Waals surface area contributed by atoms with Crippen molar-refractivity contribution in [3.05, 3.63) is 81.2 Å². The van der Waals surface area contributed by atoms with E-state index in [4.69, 9.17) is 9.47 Å². The van der Waals surface area contributed by atoms with Crippen molar-refractivity contribution in [2.24, 2.45) is 0 Å². The van der Waals surface area contributed by atoms with E-state index in [2.05, 4.69) is 26.0 Å². The van der Waals surface area contributed by atoms with Gasteiger partial charge in [0.1, 0.15) is 11.2 Å². The number of ether oxygens (including phenoxy) is 2. The fraction of sp³-hybridized carbons (Fsp3) is 0.462. The van der Waals surface area contributed by atoms with E-state index < -0.39 is 5.79 Å². The molecule has 0 radical (unpaired) electrons. The smallest absolute Gasteiger partial charge is 0.325 e. The lowest BCUT2D eigenvalue weighted by Gasteiger charge is -2.29. The highest BCUT2D eigenvalue weighted by Crippen LogP contribution is 2.43. The average molecular weight is 437 g/mol. The number of benzene rings is 2. The summed E-state index contributed by atoms with van der Waals surface area (Å²) in [6.45, 7) is 6.28. The number of para-hydroxylation sites is 2. The summed E-state index contributed by atoms with van der Waals surface area (Å²) in [5.41, 5.74) is 3.14. The fourth-order valence-electron chi connectivity index (χ4n) is 4.57. The zero-order valence-electron chi connectivity index (χ0n) is 19.2. The third-order valence-electron chi connectivity index (χ3n) is 6.23. The van der Waals surface area contributed by atoms with Gasteiger partial charge in [-0.05, 0) is 37.8 Å². The zero-order valence-corrected chi connectivity index (χ0v) is 19.2. The van der Waals surface area contributed by atoms with Crippen LogP contribution in [0.5, 0.6) is 0 Å². The number of hydrogen-bond donors (Lipinski definition) is 0. The number of hydrogen-bond acceptors (Lipinski definition) is 4. The van der Waals surface area contributed by atoms with Gasteiger partial charge in [-0.25, -0.2) is 0 Å². The van der Waals surface area contributed by atoms with Crippen molar-refractivity contribution in [2.75, 3.05) is 0 Å². The van der Waals surface area contributed by atoms with Crippen LogP contribution in [0.4, 0.5) is 0 Å². The van der Waals surface area contributed by atoms with E-state index in [0.29, 0.717) is 16.7 Å². The molecule has 2 heterocycles. The van der Waals surface area contributed by atoms with Crippen LogP contribution in [-0.2, 0) is 28.3 Å². The second-order valence-electron chi connectivity index (χ2n) is 8.65. The summed E-state index contributed by atoms with van der Waals surface area (Å²) in [4.78, 5) is 13.5. The molecule has 0 amide bonds. The van der Waals surface area contributed by atoms with Crippen molar-refractivity contribution in [3.63, 3.8) is 0 Å². The molecule has 32 heavy (non-hydrogen) atoms. The third kappa shape index (κ3) is 3.93. The molecule has 0 aliphatic carbocycles. The third-order valence-corrected chi connectivity index (χ3v) is 6.23. The summed E-state index contributed by atoms with van der Waals surface area (Å²) < 4.78 is 14.3. The van der Waals surface area contributed by atoms with Crippen LogP contribution in [0.1, 0.15) is 75.4 Å². The minimum atomic E-state index is -1.41. The van der Waals surface area contributed by atoms with Crippen LogP contribution in [0.2, 0.25) is 0 Å². The molecule has 1 aromatic heterocycles. The van der Waals surface area contributed by atoms with Crippen LogP contribution < -0.4 is 4.43 Å². The molecule has 0 saturated carbocycles. The van der Waals surface area contributed by atoms with Crippen LogP contribution in [-0.4, -0.2) is 10.8 Å². The molecule has 170 valence electrons. The van der Waals surface area contributed by atoms with Gasteiger partial charge >= 0.3 is 5.69 Å². The Morgan fingerprint density at radius 2 is 1.88 bits per heavy atom. The van der Waals surface area contributed by atoms with Crippen LogP contribution in [0, 0.1) is 10.1 Å². The summed E-state index contributed by atoms with van der Waals surface area (Å²) in [5.74, 6) is -1.41. The molecule has 1 aliphatic rings. The summed E-state index contributed by atoms with van der Waals surface area (Å²) in [6.07, 6.45) is 6.15. The van der Waals surface area contributed by atoms with Gasteiger partial charge in [0.2, 0.25) is 0 Å². The lowest BCUT2D eigenvalue weighted by atomic mass is 9.98. The van der Waals surface area contributed by atoms with E-state index in [1.54, 1.807) is 24.3 Å². The maximum Gasteiger partial charge on any atom is 0.325 e. The predicted octanol–water partition coefficient (Wildman–Crippen LogP) is 5.57. The van der Waals surface area contributed by atoms with Crippen molar-refractivity contribution in [1.29, 1.82) is 0 Å². The maximum atomic E-state index is 13.5. The molecule has 3 aromatic rings. The van der Waals surface area contributed by atoms with E-state index in [9.17, 15) is 10.1 Å². The van der Waals surface area contributed by atoms with Gasteiger partial charge in [0.25, 0.3) is 11.3 Å². The Kier molecular flexibility index (Phi) is 6.63. The Bertz CT molecular complexity index is 1140. The van der Waals surface area contributed by atoms with Gasteiger partial charge in [0, 0.05) is 16.5 Å². The molecule has 1 aliphatic heterocycles. The van der Waals surface area contributed by atoms with Crippen LogP contribution in [0.25, 0.3) is 11.0 Å². The Morgan fingerprint density at radius 1 is 1.12 bits per heavy atom. The van der Waals surface area contributed by atoms with Gasteiger partial charge in [-0.1, -0.05) is 69.5 Å². The number of fused-ring (bicyclic) bond motifs is 2. The quantitative estimate of drug-likeness (QED) is 0.325. The summed E-state index contributed by atoms with van der Waals surface area (Å²) in [5, 5.41) is 13.1. The normalized spacial score (nSPS) is 18.7. The fourth-order valence-corrected chi connectivity index (χ4v) is 4.57. The van der Waals surface area contributed by atoms with E-state index in [1.165, 1.54) is 18.4 Å². The lowest BCUT2D eigenvalue weighted by Crippen LogP contribution is -2.42. The minimum Gasteiger partial charge on any atom is -0.805 e. The van der Waals surface area contributed by atoms with Gasteiger partial charge in [0.05, 0.1) is 17.1 Å². The Hall–Kier alpha value is -2.70. The highest BCUT2D eigenvalue weighted by molar-refractivity contribution is 5.72. The number of nitrogens with zero attached hydrogens (tertiary/aromatic N) is 2. The van der Waals surface area contributed by atoms with Crippen molar-refractivity contribution < 1.29 is 13.9 Å². The van der Waals surface area contributed by atoms with E-state index in [-0.39, 0.29) is 18.4 Å². The highest BCUT2D eigenvalue weighted by Gasteiger charge is 2.54. The summed E-state index contributed by atoms with van der Waals surface area (Å²) in [7, 11) is 0. The van der Waals surface area contributed by atoms with Crippen molar-refractivity contribution in [3.8, 4) is 0 Å². The number of unbranched alkanes of at least 4 members (excludes halogenated alkanes) is 2. The SMILES string of the molecule is CCCCCc1ccc(C2(OC(C)CCC)OCc3c2[n+](=O)c2ccccc2n3[O-])cc1. The highest BCUT2D eigenvalue weighted by atomic mass is 16.7. The monoisotopic (exact) mass is 436 g/mol. The first-order valence-corrected chi connectivity index (χ1v) is 11.7. The molecule has 2 unspecified atom stereocenters. The van der Waals surface area contributed by atoms with Gasteiger partial charge < -0.3 is 19.4 Å². The molecular formula is C26H32N2O4. The molecule has 2 aromatic carbocycles. The largest absolute Gasteiger partial charge is 0.805 e. The maximum absolute atomic E-state index is 13.5. The number of aromatic nitrogens is 2. The lowest BCUT2D eigenvalue weighted by molar-refractivity contribution is -0.497. The van der Waals surface area contributed by atoms with Crippen LogP contribution in [0.15, 0.2) is 48.5 Å². The number of rotatable bonds is 9. The van der Waals surface area contributed by atoms with E-state index in [0.717, 1.165) is 40.4 Å². The molecular weight excluding hydrogens is 404 g/mol. The first-order chi connectivity index (χ1) is 15.5.